The quantitative estimate of drug-likeness (QED) is 0.823. The summed E-state index contributed by atoms with van der Waals surface area (Å²) in [7, 11) is 1.52. The molecule has 18 heavy (non-hydrogen) atoms. The highest BCUT2D eigenvalue weighted by Gasteiger charge is 2.10. The summed E-state index contributed by atoms with van der Waals surface area (Å²) in [5.41, 5.74) is 6.60. The zero-order valence-electron chi connectivity index (χ0n) is 9.93. The number of rotatable bonds is 3. The fraction of sp³-hybridized carbons (Fsp3) is 0.182. The SMILES string of the molecule is COc1ccc(C(=O)Nc2nnc(C)s2)cc1N. The van der Waals surface area contributed by atoms with Crippen molar-refractivity contribution in [2.75, 3.05) is 18.2 Å². The van der Waals surface area contributed by atoms with Gasteiger partial charge in [0.1, 0.15) is 10.8 Å². The van der Waals surface area contributed by atoms with E-state index in [0.29, 0.717) is 22.1 Å². The normalized spacial score (nSPS) is 10.1. The molecule has 7 heteroatoms. The summed E-state index contributed by atoms with van der Waals surface area (Å²) in [6, 6.07) is 4.84. The molecule has 1 heterocycles. The molecule has 2 aromatic rings. The number of nitrogens with one attached hydrogen (secondary N) is 1. The Hall–Kier alpha value is -2.15. The van der Waals surface area contributed by atoms with Crippen LogP contribution in [0.25, 0.3) is 0 Å². The van der Waals surface area contributed by atoms with Crippen molar-refractivity contribution in [3.8, 4) is 5.75 Å². The molecule has 0 bridgehead atoms. The molecule has 3 N–H and O–H groups in total. The molecule has 0 saturated heterocycles. The first-order valence-electron chi connectivity index (χ1n) is 5.15. The lowest BCUT2D eigenvalue weighted by atomic mass is 10.2. The molecule has 2 rings (SSSR count). The molecule has 0 spiro atoms. The van der Waals surface area contributed by atoms with E-state index in [4.69, 9.17) is 10.5 Å². The summed E-state index contributed by atoms with van der Waals surface area (Å²) >= 11 is 1.31. The molecule has 94 valence electrons. The van der Waals surface area contributed by atoms with E-state index in [2.05, 4.69) is 15.5 Å². The summed E-state index contributed by atoms with van der Waals surface area (Å²) in [4.78, 5) is 11.9. The lowest BCUT2D eigenvalue weighted by molar-refractivity contribution is 0.102. The van der Waals surface area contributed by atoms with Gasteiger partial charge in [0.2, 0.25) is 5.13 Å². The third-order valence-corrected chi connectivity index (χ3v) is 2.99. The number of benzene rings is 1. The van der Waals surface area contributed by atoms with E-state index >= 15 is 0 Å². The van der Waals surface area contributed by atoms with Crippen molar-refractivity contribution in [2.24, 2.45) is 0 Å². The first-order valence-corrected chi connectivity index (χ1v) is 5.97. The molecule has 1 amide bonds. The highest BCUT2D eigenvalue weighted by Crippen LogP contribution is 2.22. The Morgan fingerprint density at radius 3 is 2.78 bits per heavy atom. The Balaban J connectivity index is 2.16. The molecule has 0 radical (unpaired) electrons. The summed E-state index contributed by atoms with van der Waals surface area (Å²) < 4.78 is 5.02. The number of methoxy groups -OCH3 is 1. The molecule has 0 unspecified atom stereocenters. The maximum absolute atomic E-state index is 11.9. The second-order valence-corrected chi connectivity index (χ2v) is 4.72. The Morgan fingerprint density at radius 2 is 2.22 bits per heavy atom. The van der Waals surface area contributed by atoms with E-state index in [1.807, 2.05) is 6.92 Å². The van der Waals surface area contributed by atoms with Gasteiger partial charge in [0.15, 0.2) is 0 Å². The van der Waals surface area contributed by atoms with E-state index in [1.165, 1.54) is 18.4 Å². The summed E-state index contributed by atoms with van der Waals surface area (Å²) in [5, 5.41) is 11.5. The van der Waals surface area contributed by atoms with Crippen LogP contribution in [0.3, 0.4) is 0 Å². The monoisotopic (exact) mass is 264 g/mol. The molecular formula is C11H12N4O2S. The highest BCUT2D eigenvalue weighted by atomic mass is 32.1. The number of carbonyl (C=O) groups excluding carboxylic acids is 1. The van der Waals surface area contributed by atoms with Crippen LogP contribution in [0.4, 0.5) is 10.8 Å². The third kappa shape index (κ3) is 2.57. The highest BCUT2D eigenvalue weighted by molar-refractivity contribution is 7.15. The van der Waals surface area contributed by atoms with Gasteiger partial charge in [-0.25, -0.2) is 0 Å². The minimum atomic E-state index is -0.277. The van der Waals surface area contributed by atoms with Crippen LogP contribution in [0.1, 0.15) is 15.4 Å². The largest absolute Gasteiger partial charge is 0.495 e. The number of nitrogen functional groups attached to an aromatic ring is 1. The summed E-state index contributed by atoms with van der Waals surface area (Å²) in [5.74, 6) is 0.263. The van der Waals surface area contributed by atoms with E-state index in [0.717, 1.165) is 5.01 Å². The minimum Gasteiger partial charge on any atom is -0.495 e. The van der Waals surface area contributed by atoms with Crippen molar-refractivity contribution >= 4 is 28.1 Å². The molecule has 1 aromatic heterocycles. The van der Waals surface area contributed by atoms with Gasteiger partial charge in [-0.3, -0.25) is 10.1 Å². The lowest BCUT2D eigenvalue weighted by Crippen LogP contribution is -2.12. The van der Waals surface area contributed by atoms with Crippen LogP contribution in [0.5, 0.6) is 5.75 Å². The maximum atomic E-state index is 11.9. The van der Waals surface area contributed by atoms with Gasteiger partial charge in [-0.2, -0.15) is 0 Å². The standard InChI is InChI=1S/C11H12N4O2S/c1-6-14-15-11(18-6)13-10(16)7-3-4-9(17-2)8(12)5-7/h3-5H,12H2,1-2H3,(H,13,15,16). The number of amides is 1. The van der Waals surface area contributed by atoms with Crippen molar-refractivity contribution in [3.63, 3.8) is 0 Å². The van der Waals surface area contributed by atoms with Crippen LogP contribution in [-0.4, -0.2) is 23.2 Å². The molecule has 0 atom stereocenters. The van der Waals surface area contributed by atoms with Crippen molar-refractivity contribution < 1.29 is 9.53 Å². The summed E-state index contributed by atoms with van der Waals surface area (Å²) in [6.07, 6.45) is 0. The smallest absolute Gasteiger partial charge is 0.257 e. The van der Waals surface area contributed by atoms with Crippen LogP contribution in [0, 0.1) is 6.92 Å². The Kier molecular flexibility index (Phi) is 3.42. The average Bonchev–Trinajstić information content (AvgIpc) is 2.74. The molecule has 0 saturated carbocycles. The molecule has 0 aliphatic rings. The average molecular weight is 264 g/mol. The van der Waals surface area contributed by atoms with Gasteiger partial charge in [-0.15, -0.1) is 10.2 Å². The predicted molar refractivity (Wildman–Crippen MR) is 70.0 cm³/mol. The van der Waals surface area contributed by atoms with E-state index in [9.17, 15) is 4.79 Å². The Morgan fingerprint density at radius 1 is 1.44 bits per heavy atom. The zero-order valence-corrected chi connectivity index (χ0v) is 10.7. The van der Waals surface area contributed by atoms with Gasteiger partial charge in [0.25, 0.3) is 5.91 Å². The number of aromatic nitrogens is 2. The third-order valence-electron chi connectivity index (χ3n) is 2.24. The van der Waals surface area contributed by atoms with Crippen LogP contribution < -0.4 is 15.8 Å². The first kappa shape index (κ1) is 12.3. The summed E-state index contributed by atoms with van der Waals surface area (Å²) in [6.45, 7) is 1.82. The molecule has 0 aliphatic heterocycles. The van der Waals surface area contributed by atoms with Gasteiger partial charge in [-0.05, 0) is 25.1 Å². The van der Waals surface area contributed by atoms with Gasteiger partial charge < -0.3 is 10.5 Å². The number of hydrogen-bond donors (Lipinski definition) is 2. The van der Waals surface area contributed by atoms with Crippen molar-refractivity contribution in [1.82, 2.24) is 10.2 Å². The number of nitrogens with zero attached hydrogens (tertiary/aromatic N) is 2. The van der Waals surface area contributed by atoms with Crippen molar-refractivity contribution in [2.45, 2.75) is 6.92 Å². The number of carbonyl (C=O) groups is 1. The van der Waals surface area contributed by atoms with Gasteiger partial charge in [-0.1, -0.05) is 11.3 Å². The van der Waals surface area contributed by atoms with Crippen LogP contribution in [-0.2, 0) is 0 Å². The van der Waals surface area contributed by atoms with Gasteiger partial charge in [0.05, 0.1) is 12.8 Å². The van der Waals surface area contributed by atoms with Crippen LogP contribution in [0.2, 0.25) is 0 Å². The minimum absolute atomic E-state index is 0.277. The number of ether oxygens (including phenoxy) is 1. The number of nitrogens with two attached hydrogens (primary N) is 1. The van der Waals surface area contributed by atoms with E-state index in [1.54, 1.807) is 18.2 Å². The predicted octanol–water partition coefficient (Wildman–Crippen LogP) is 1.69. The number of aryl methyl sites for hydroxylation is 1. The van der Waals surface area contributed by atoms with E-state index < -0.39 is 0 Å². The molecule has 6 nitrogen and oxygen atoms in total. The van der Waals surface area contributed by atoms with Crippen molar-refractivity contribution in [3.05, 3.63) is 28.8 Å². The first-order chi connectivity index (χ1) is 8.60. The van der Waals surface area contributed by atoms with Gasteiger partial charge in [0, 0.05) is 5.56 Å². The maximum Gasteiger partial charge on any atom is 0.257 e. The second kappa shape index (κ2) is 5.01. The topological polar surface area (TPSA) is 90.1 Å². The second-order valence-electron chi connectivity index (χ2n) is 3.54. The molecule has 0 aliphatic carbocycles. The fourth-order valence-electron chi connectivity index (χ4n) is 1.39. The number of anilines is 2. The van der Waals surface area contributed by atoms with Gasteiger partial charge >= 0.3 is 0 Å². The van der Waals surface area contributed by atoms with Crippen LogP contribution >= 0.6 is 11.3 Å². The van der Waals surface area contributed by atoms with Crippen molar-refractivity contribution in [1.29, 1.82) is 0 Å². The Labute approximate surface area is 108 Å². The zero-order chi connectivity index (χ0) is 13.1. The fourth-order valence-corrected chi connectivity index (χ4v) is 1.98. The number of hydrogen-bond acceptors (Lipinski definition) is 6. The molecule has 0 fully saturated rings. The molecular weight excluding hydrogens is 252 g/mol. The van der Waals surface area contributed by atoms with Crippen LogP contribution in [0.15, 0.2) is 18.2 Å². The molecule has 1 aromatic carbocycles. The van der Waals surface area contributed by atoms with E-state index in [-0.39, 0.29) is 5.91 Å². The lowest BCUT2D eigenvalue weighted by Gasteiger charge is -2.06. The Bertz CT molecular complexity index is 582.